The highest BCUT2D eigenvalue weighted by Crippen LogP contribution is 2.27. The van der Waals surface area contributed by atoms with Crippen LogP contribution in [-0.2, 0) is 6.54 Å². The normalized spacial score (nSPS) is 11.7. The third-order valence-corrected chi connectivity index (χ3v) is 2.58. The molecular weight excluding hydrogens is 228 g/mol. The highest BCUT2D eigenvalue weighted by molar-refractivity contribution is 5.42. The maximum atomic E-state index is 6.01. The lowest BCUT2D eigenvalue weighted by atomic mass is 10.1. The van der Waals surface area contributed by atoms with E-state index in [4.69, 9.17) is 15.2 Å². The number of methoxy groups -OCH3 is 2. The molecule has 0 aliphatic heterocycles. The second kappa shape index (κ2) is 6.07. The van der Waals surface area contributed by atoms with Gasteiger partial charge in [-0.2, -0.15) is 0 Å². The Balaban J connectivity index is 2.73. The summed E-state index contributed by atoms with van der Waals surface area (Å²) in [6.07, 6.45) is 0. The molecule has 2 N–H and O–H groups in total. The molecule has 1 aromatic rings. The third-order valence-electron chi connectivity index (χ3n) is 2.58. The first kappa shape index (κ1) is 14.8. The summed E-state index contributed by atoms with van der Waals surface area (Å²) < 4.78 is 10.5. The van der Waals surface area contributed by atoms with Gasteiger partial charge in [-0.3, -0.25) is 0 Å². The van der Waals surface area contributed by atoms with Gasteiger partial charge < -0.3 is 20.1 Å². The largest absolute Gasteiger partial charge is 0.493 e. The monoisotopic (exact) mass is 252 g/mol. The molecule has 0 amide bonds. The van der Waals surface area contributed by atoms with E-state index >= 15 is 0 Å². The number of rotatable bonds is 6. The molecule has 1 rings (SSSR count). The Labute approximate surface area is 110 Å². The van der Waals surface area contributed by atoms with E-state index in [1.807, 2.05) is 32.0 Å². The number of nitrogens with two attached hydrogens (primary N) is 1. The van der Waals surface area contributed by atoms with Crippen molar-refractivity contribution in [2.45, 2.75) is 25.9 Å². The number of hydrogen-bond acceptors (Lipinski definition) is 4. The number of hydrogen-bond donors (Lipinski definition) is 1. The molecule has 18 heavy (non-hydrogen) atoms. The first-order chi connectivity index (χ1) is 8.35. The minimum atomic E-state index is -0.189. The minimum Gasteiger partial charge on any atom is -0.493 e. The van der Waals surface area contributed by atoms with Crippen LogP contribution >= 0.6 is 0 Å². The lowest BCUT2D eigenvalue weighted by Gasteiger charge is -2.26. The van der Waals surface area contributed by atoms with Crippen molar-refractivity contribution in [3.8, 4) is 11.5 Å². The van der Waals surface area contributed by atoms with Gasteiger partial charge in [0.25, 0.3) is 0 Å². The van der Waals surface area contributed by atoms with Crippen molar-refractivity contribution in [2.24, 2.45) is 5.73 Å². The predicted molar refractivity (Wildman–Crippen MR) is 74.1 cm³/mol. The summed E-state index contributed by atoms with van der Waals surface area (Å²) in [7, 11) is 5.35. The SMILES string of the molecule is COc1ccc(CN(C)CC(C)(C)N)cc1OC. The van der Waals surface area contributed by atoms with E-state index in [1.165, 1.54) is 5.56 Å². The molecule has 4 nitrogen and oxygen atoms in total. The third kappa shape index (κ3) is 4.55. The van der Waals surface area contributed by atoms with Gasteiger partial charge in [-0.1, -0.05) is 6.07 Å². The van der Waals surface area contributed by atoms with Crippen LogP contribution in [0.5, 0.6) is 11.5 Å². The maximum Gasteiger partial charge on any atom is 0.161 e. The van der Waals surface area contributed by atoms with Crippen LogP contribution in [0.25, 0.3) is 0 Å². The zero-order valence-electron chi connectivity index (χ0n) is 12.0. The number of nitrogens with zero attached hydrogens (tertiary/aromatic N) is 1. The molecular formula is C14H24N2O2. The fourth-order valence-corrected chi connectivity index (χ4v) is 2.04. The Kier molecular flexibility index (Phi) is 4.99. The van der Waals surface area contributed by atoms with E-state index in [9.17, 15) is 0 Å². The van der Waals surface area contributed by atoms with E-state index in [2.05, 4.69) is 11.9 Å². The Morgan fingerprint density at radius 2 is 1.78 bits per heavy atom. The van der Waals surface area contributed by atoms with Crippen molar-refractivity contribution in [3.63, 3.8) is 0 Å². The molecule has 0 heterocycles. The summed E-state index contributed by atoms with van der Waals surface area (Å²) in [6, 6.07) is 5.97. The van der Waals surface area contributed by atoms with Gasteiger partial charge in [0.15, 0.2) is 11.5 Å². The van der Waals surface area contributed by atoms with Crippen molar-refractivity contribution >= 4 is 0 Å². The van der Waals surface area contributed by atoms with Gasteiger partial charge in [-0.15, -0.1) is 0 Å². The zero-order valence-corrected chi connectivity index (χ0v) is 12.0. The second-order valence-corrected chi connectivity index (χ2v) is 5.35. The van der Waals surface area contributed by atoms with Crippen LogP contribution in [0.3, 0.4) is 0 Å². The second-order valence-electron chi connectivity index (χ2n) is 5.35. The van der Waals surface area contributed by atoms with Gasteiger partial charge in [0, 0.05) is 18.6 Å². The van der Waals surface area contributed by atoms with E-state index < -0.39 is 0 Å². The molecule has 4 heteroatoms. The first-order valence-electron chi connectivity index (χ1n) is 6.04. The lowest BCUT2D eigenvalue weighted by molar-refractivity contribution is 0.262. The molecule has 0 bridgehead atoms. The molecule has 0 saturated carbocycles. The molecule has 102 valence electrons. The van der Waals surface area contributed by atoms with E-state index in [0.717, 1.165) is 24.6 Å². The van der Waals surface area contributed by atoms with E-state index in [1.54, 1.807) is 14.2 Å². The van der Waals surface area contributed by atoms with Gasteiger partial charge in [0.2, 0.25) is 0 Å². The summed E-state index contributed by atoms with van der Waals surface area (Å²) in [5.74, 6) is 1.51. The minimum absolute atomic E-state index is 0.189. The summed E-state index contributed by atoms with van der Waals surface area (Å²) >= 11 is 0. The van der Waals surface area contributed by atoms with Crippen molar-refractivity contribution in [1.29, 1.82) is 0 Å². The molecule has 0 unspecified atom stereocenters. The van der Waals surface area contributed by atoms with Crippen LogP contribution in [0.4, 0.5) is 0 Å². The van der Waals surface area contributed by atoms with Crippen LogP contribution in [0.2, 0.25) is 0 Å². The molecule has 0 aliphatic rings. The quantitative estimate of drug-likeness (QED) is 0.839. The summed E-state index contributed by atoms with van der Waals surface area (Å²) in [4.78, 5) is 2.20. The standard InChI is InChI=1S/C14H24N2O2/c1-14(2,15)10-16(3)9-11-6-7-12(17-4)13(8-11)18-5/h6-8H,9-10,15H2,1-5H3. The van der Waals surface area contributed by atoms with Gasteiger partial charge >= 0.3 is 0 Å². The highest BCUT2D eigenvalue weighted by Gasteiger charge is 2.14. The van der Waals surface area contributed by atoms with Crippen LogP contribution in [0, 0.1) is 0 Å². The fraction of sp³-hybridized carbons (Fsp3) is 0.571. The van der Waals surface area contributed by atoms with Gasteiger partial charge in [0.1, 0.15) is 0 Å². The first-order valence-corrected chi connectivity index (χ1v) is 6.04. The van der Waals surface area contributed by atoms with Crippen molar-refractivity contribution in [3.05, 3.63) is 23.8 Å². The van der Waals surface area contributed by atoms with Crippen LogP contribution in [0.1, 0.15) is 19.4 Å². The van der Waals surface area contributed by atoms with Crippen LogP contribution < -0.4 is 15.2 Å². The van der Waals surface area contributed by atoms with Crippen molar-refractivity contribution in [1.82, 2.24) is 4.90 Å². The van der Waals surface area contributed by atoms with E-state index in [0.29, 0.717) is 0 Å². The summed E-state index contributed by atoms with van der Waals surface area (Å²) in [5.41, 5.74) is 7.00. The predicted octanol–water partition coefficient (Wildman–Crippen LogP) is 1.87. The fourth-order valence-electron chi connectivity index (χ4n) is 2.04. The molecule has 0 spiro atoms. The van der Waals surface area contributed by atoms with Crippen molar-refractivity contribution in [2.75, 3.05) is 27.8 Å². The summed E-state index contributed by atoms with van der Waals surface area (Å²) in [6.45, 7) is 5.72. The van der Waals surface area contributed by atoms with Crippen molar-refractivity contribution < 1.29 is 9.47 Å². The lowest BCUT2D eigenvalue weighted by Crippen LogP contribution is -2.43. The smallest absolute Gasteiger partial charge is 0.161 e. The maximum absolute atomic E-state index is 6.01. The molecule has 0 radical (unpaired) electrons. The highest BCUT2D eigenvalue weighted by atomic mass is 16.5. The molecule has 0 aliphatic carbocycles. The topological polar surface area (TPSA) is 47.7 Å². The molecule has 0 atom stereocenters. The molecule has 0 fully saturated rings. The van der Waals surface area contributed by atoms with Gasteiger partial charge in [-0.25, -0.2) is 0 Å². The van der Waals surface area contributed by atoms with Crippen LogP contribution in [-0.4, -0.2) is 38.3 Å². The number of ether oxygens (including phenoxy) is 2. The Morgan fingerprint density at radius 3 is 2.28 bits per heavy atom. The van der Waals surface area contributed by atoms with E-state index in [-0.39, 0.29) is 5.54 Å². The zero-order chi connectivity index (χ0) is 13.8. The van der Waals surface area contributed by atoms with Crippen LogP contribution in [0.15, 0.2) is 18.2 Å². The summed E-state index contributed by atoms with van der Waals surface area (Å²) in [5, 5.41) is 0. The Hall–Kier alpha value is -1.26. The molecule has 1 aromatic carbocycles. The molecule has 0 saturated heterocycles. The number of likely N-dealkylation sites (N-methyl/N-ethyl adjacent to an activating group) is 1. The Bertz CT molecular complexity index is 386. The van der Waals surface area contributed by atoms with Gasteiger partial charge in [-0.05, 0) is 38.6 Å². The average Bonchev–Trinajstić information content (AvgIpc) is 2.26. The molecule has 0 aromatic heterocycles. The number of benzene rings is 1. The average molecular weight is 252 g/mol. The van der Waals surface area contributed by atoms with Gasteiger partial charge in [0.05, 0.1) is 14.2 Å². The Morgan fingerprint density at radius 1 is 1.17 bits per heavy atom.